The molecule has 1 aliphatic carbocycles. The highest BCUT2D eigenvalue weighted by atomic mass is 15.2. The van der Waals surface area contributed by atoms with E-state index in [0.29, 0.717) is 23.3 Å². The van der Waals surface area contributed by atoms with E-state index in [4.69, 9.17) is 0 Å². The Morgan fingerprint density at radius 3 is 1.79 bits per heavy atom. The molecule has 28 heavy (non-hydrogen) atoms. The van der Waals surface area contributed by atoms with Crippen LogP contribution in [0.4, 0.5) is 0 Å². The molecule has 3 saturated heterocycles. The van der Waals surface area contributed by atoms with Crippen LogP contribution >= 0.6 is 0 Å². The molecule has 1 saturated carbocycles. The highest BCUT2D eigenvalue weighted by Crippen LogP contribution is 2.53. The highest BCUT2D eigenvalue weighted by Gasteiger charge is 2.51. The molecular formula is C26H34N2. The summed E-state index contributed by atoms with van der Waals surface area (Å²) < 4.78 is 0. The van der Waals surface area contributed by atoms with Crippen LogP contribution in [0.25, 0.3) is 0 Å². The van der Waals surface area contributed by atoms with Crippen molar-refractivity contribution in [3.8, 4) is 0 Å². The first-order valence-corrected chi connectivity index (χ1v) is 11.4. The van der Waals surface area contributed by atoms with E-state index in [1.54, 1.807) is 11.1 Å². The number of likely N-dealkylation sites (tertiary alicyclic amines) is 1. The van der Waals surface area contributed by atoms with Gasteiger partial charge >= 0.3 is 0 Å². The summed E-state index contributed by atoms with van der Waals surface area (Å²) in [6.07, 6.45) is 8.20. The topological polar surface area (TPSA) is 15.3 Å². The molecule has 2 nitrogen and oxygen atoms in total. The van der Waals surface area contributed by atoms with Crippen molar-refractivity contribution in [2.24, 2.45) is 5.92 Å². The molecule has 3 aliphatic heterocycles. The monoisotopic (exact) mass is 374 g/mol. The molecule has 2 bridgehead atoms. The van der Waals surface area contributed by atoms with Gasteiger partial charge in [0, 0.05) is 12.1 Å². The summed E-state index contributed by atoms with van der Waals surface area (Å²) >= 11 is 0. The Balaban J connectivity index is 1.56. The van der Waals surface area contributed by atoms with Gasteiger partial charge in [-0.15, -0.1) is 0 Å². The zero-order chi connectivity index (χ0) is 18.8. The van der Waals surface area contributed by atoms with E-state index in [1.165, 1.54) is 51.6 Å². The maximum absolute atomic E-state index is 3.93. The Kier molecular flexibility index (Phi) is 5.26. The highest BCUT2D eigenvalue weighted by molar-refractivity contribution is 5.31. The van der Waals surface area contributed by atoms with Crippen LogP contribution in [-0.4, -0.2) is 36.6 Å². The first-order chi connectivity index (χ1) is 13.9. The van der Waals surface area contributed by atoms with Gasteiger partial charge < -0.3 is 5.32 Å². The van der Waals surface area contributed by atoms with Crippen LogP contribution in [0.3, 0.4) is 0 Å². The molecular weight excluding hydrogens is 340 g/mol. The van der Waals surface area contributed by atoms with Gasteiger partial charge in [-0.2, -0.15) is 0 Å². The van der Waals surface area contributed by atoms with Gasteiger partial charge in [-0.25, -0.2) is 0 Å². The summed E-state index contributed by atoms with van der Waals surface area (Å²) in [6, 6.07) is 22.8. The van der Waals surface area contributed by atoms with Gasteiger partial charge in [0.05, 0.1) is 0 Å². The number of rotatable bonds is 3. The van der Waals surface area contributed by atoms with Gasteiger partial charge in [0.15, 0.2) is 0 Å². The van der Waals surface area contributed by atoms with E-state index < -0.39 is 0 Å². The molecule has 2 aromatic carbocycles. The van der Waals surface area contributed by atoms with Crippen molar-refractivity contribution in [1.82, 2.24) is 10.2 Å². The van der Waals surface area contributed by atoms with Crippen molar-refractivity contribution in [3.63, 3.8) is 0 Å². The molecule has 6 rings (SSSR count). The van der Waals surface area contributed by atoms with Crippen molar-refractivity contribution >= 4 is 0 Å². The summed E-state index contributed by atoms with van der Waals surface area (Å²) in [5.41, 5.74) is 3.41. The van der Waals surface area contributed by atoms with Crippen LogP contribution in [-0.2, 0) is 0 Å². The van der Waals surface area contributed by atoms with Crippen molar-refractivity contribution in [2.75, 3.05) is 26.2 Å². The standard InChI is InChI=1S/C26H34N2/c1-2-10-16-28(15-9-1)26-17-23(21-11-5-3-6-12-21)25(19-27-20-26)24(18-26)22-13-7-4-8-14-22/h3-8,11-14,23-25,27H,1-2,9-10,15-20H2. The van der Waals surface area contributed by atoms with Gasteiger partial charge in [0.25, 0.3) is 0 Å². The van der Waals surface area contributed by atoms with Gasteiger partial charge in [-0.3, -0.25) is 4.90 Å². The molecule has 2 atom stereocenters. The predicted molar refractivity (Wildman–Crippen MR) is 117 cm³/mol. The van der Waals surface area contributed by atoms with Crippen LogP contribution in [0.5, 0.6) is 0 Å². The van der Waals surface area contributed by atoms with E-state index >= 15 is 0 Å². The lowest BCUT2D eigenvalue weighted by molar-refractivity contribution is 0.0373. The lowest BCUT2D eigenvalue weighted by Gasteiger charge is -2.51. The zero-order valence-electron chi connectivity index (χ0n) is 17.0. The molecule has 0 radical (unpaired) electrons. The summed E-state index contributed by atoms with van der Waals surface area (Å²) in [7, 11) is 0. The minimum Gasteiger partial charge on any atom is -0.315 e. The van der Waals surface area contributed by atoms with Crippen LogP contribution < -0.4 is 5.32 Å². The van der Waals surface area contributed by atoms with Crippen LogP contribution in [0.15, 0.2) is 60.7 Å². The number of fused-ring (bicyclic) bond motifs is 4. The molecule has 2 aromatic rings. The molecule has 4 fully saturated rings. The van der Waals surface area contributed by atoms with Crippen LogP contribution in [0.1, 0.15) is 61.5 Å². The summed E-state index contributed by atoms with van der Waals surface area (Å²) in [4.78, 5) is 2.90. The largest absolute Gasteiger partial charge is 0.315 e. The summed E-state index contributed by atoms with van der Waals surface area (Å²) in [5.74, 6) is 1.99. The Labute approximate surface area is 170 Å². The van der Waals surface area contributed by atoms with Crippen molar-refractivity contribution in [3.05, 3.63) is 71.8 Å². The fourth-order valence-electron chi connectivity index (χ4n) is 6.43. The number of nitrogens with one attached hydrogen (secondary N) is 1. The number of nitrogens with zero attached hydrogens (tertiary/aromatic N) is 1. The first-order valence-electron chi connectivity index (χ1n) is 11.4. The first kappa shape index (κ1) is 18.4. The lowest BCUT2D eigenvalue weighted by atomic mass is 9.61. The Morgan fingerprint density at radius 2 is 1.25 bits per heavy atom. The fraction of sp³-hybridized carbons (Fsp3) is 0.538. The van der Waals surface area contributed by atoms with Crippen LogP contribution in [0, 0.1) is 5.92 Å². The van der Waals surface area contributed by atoms with Gasteiger partial charge in [0.2, 0.25) is 0 Å². The van der Waals surface area contributed by atoms with Crippen molar-refractivity contribution < 1.29 is 0 Å². The molecule has 0 spiro atoms. The average Bonchev–Trinajstić information content (AvgIpc) is 3.22. The third-order valence-corrected chi connectivity index (χ3v) is 7.80. The molecule has 4 aliphatic rings. The fourth-order valence-corrected chi connectivity index (χ4v) is 6.43. The molecule has 0 aromatic heterocycles. The summed E-state index contributed by atoms with van der Waals surface area (Å²) in [6.45, 7) is 4.88. The smallest absolute Gasteiger partial charge is 0.0345 e. The SMILES string of the molecule is c1ccc(C2CC3(N4CCCCCC4)CNCC2C(c2ccccc2)C3)cc1. The second kappa shape index (κ2) is 8.00. The van der Waals surface area contributed by atoms with Crippen molar-refractivity contribution in [1.29, 1.82) is 0 Å². The second-order valence-electron chi connectivity index (χ2n) is 9.36. The minimum absolute atomic E-state index is 0.304. The van der Waals surface area contributed by atoms with Gasteiger partial charge in [-0.05, 0) is 74.2 Å². The Bertz CT molecular complexity index is 699. The van der Waals surface area contributed by atoms with Crippen LogP contribution in [0.2, 0.25) is 0 Å². The third-order valence-electron chi connectivity index (χ3n) is 7.80. The van der Waals surface area contributed by atoms with E-state index in [2.05, 4.69) is 70.9 Å². The van der Waals surface area contributed by atoms with E-state index in [9.17, 15) is 0 Å². The number of hydrogen-bond donors (Lipinski definition) is 1. The average molecular weight is 375 g/mol. The maximum atomic E-state index is 3.93. The van der Waals surface area contributed by atoms with Crippen molar-refractivity contribution in [2.45, 2.75) is 55.9 Å². The van der Waals surface area contributed by atoms with Gasteiger partial charge in [-0.1, -0.05) is 73.5 Å². The molecule has 1 N–H and O–H groups in total. The van der Waals surface area contributed by atoms with E-state index in [-0.39, 0.29) is 0 Å². The summed E-state index contributed by atoms with van der Waals surface area (Å²) in [5, 5.41) is 3.93. The minimum atomic E-state index is 0.304. The third kappa shape index (κ3) is 3.42. The van der Waals surface area contributed by atoms with E-state index in [0.717, 1.165) is 13.1 Å². The predicted octanol–water partition coefficient (Wildman–Crippen LogP) is 5.18. The Hall–Kier alpha value is -1.64. The molecule has 0 amide bonds. The molecule has 2 unspecified atom stereocenters. The second-order valence-corrected chi connectivity index (χ2v) is 9.36. The quantitative estimate of drug-likeness (QED) is 0.796. The zero-order valence-corrected chi connectivity index (χ0v) is 17.0. The normalized spacial score (nSPS) is 33.9. The van der Waals surface area contributed by atoms with E-state index in [1.807, 2.05) is 0 Å². The molecule has 2 heteroatoms. The number of benzene rings is 2. The lowest BCUT2D eigenvalue weighted by Crippen LogP contribution is -2.56. The van der Waals surface area contributed by atoms with Gasteiger partial charge in [0.1, 0.15) is 0 Å². The molecule has 3 heterocycles. The molecule has 148 valence electrons. The Morgan fingerprint density at radius 1 is 0.714 bits per heavy atom. The maximum Gasteiger partial charge on any atom is 0.0345 e. The number of hydrogen-bond acceptors (Lipinski definition) is 2.